The quantitative estimate of drug-likeness (QED) is 0.571. The zero-order chi connectivity index (χ0) is 15.2. The van der Waals surface area contributed by atoms with Crippen molar-refractivity contribution in [1.82, 2.24) is 4.90 Å². The summed E-state index contributed by atoms with van der Waals surface area (Å²) in [5.41, 5.74) is 0.593. The number of likely N-dealkylation sites (tertiary alicyclic amines) is 1. The molecule has 0 amide bonds. The zero-order valence-electron chi connectivity index (χ0n) is 13.2. The Balaban J connectivity index is 1.81. The van der Waals surface area contributed by atoms with E-state index in [1.54, 1.807) is 19.2 Å². The second-order valence-corrected chi connectivity index (χ2v) is 5.65. The van der Waals surface area contributed by atoms with Gasteiger partial charge >= 0.3 is 0 Å². The third-order valence-corrected chi connectivity index (χ3v) is 4.10. The number of carbonyl (C=O) groups excluding carboxylic acids is 1. The minimum atomic E-state index is 0.00132. The van der Waals surface area contributed by atoms with Gasteiger partial charge in [-0.2, -0.15) is 0 Å². The van der Waals surface area contributed by atoms with Crippen LogP contribution in [0.4, 0.5) is 0 Å². The second kappa shape index (κ2) is 7.46. The molecule has 4 nitrogen and oxygen atoms in total. The molecular weight excluding hydrogens is 266 g/mol. The fourth-order valence-electron chi connectivity index (χ4n) is 2.83. The molecule has 0 N–H and O–H groups in total. The summed E-state index contributed by atoms with van der Waals surface area (Å²) in [7, 11) is 1.57. The lowest BCUT2D eigenvalue weighted by atomic mass is 10.1. The highest BCUT2D eigenvalue weighted by Gasteiger charge is 2.19. The molecule has 1 saturated heterocycles. The van der Waals surface area contributed by atoms with Crippen molar-refractivity contribution in [3.05, 3.63) is 23.8 Å². The summed E-state index contributed by atoms with van der Waals surface area (Å²) in [6.07, 6.45) is 3.64. The SMILES string of the molecule is COc1cc(OCCCN2CCC[C@H]2C)ccc1C(C)=O. The lowest BCUT2D eigenvalue weighted by Crippen LogP contribution is -2.28. The van der Waals surface area contributed by atoms with Crippen molar-refractivity contribution in [2.75, 3.05) is 26.8 Å². The summed E-state index contributed by atoms with van der Waals surface area (Å²) in [6.45, 7) is 6.81. The van der Waals surface area contributed by atoms with E-state index in [1.807, 2.05) is 6.07 Å². The van der Waals surface area contributed by atoms with Crippen molar-refractivity contribution < 1.29 is 14.3 Å². The van der Waals surface area contributed by atoms with Crippen LogP contribution in [0.15, 0.2) is 18.2 Å². The predicted octanol–water partition coefficient (Wildman–Crippen LogP) is 3.15. The first-order chi connectivity index (χ1) is 10.1. The largest absolute Gasteiger partial charge is 0.496 e. The number of Topliss-reactive ketones (excluding diaryl/α,β-unsaturated/α-hetero) is 1. The topological polar surface area (TPSA) is 38.8 Å². The van der Waals surface area contributed by atoms with E-state index in [0.717, 1.165) is 18.7 Å². The molecule has 0 spiro atoms. The first-order valence-corrected chi connectivity index (χ1v) is 7.67. The molecule has 1 atom stereocenters. The fraction of sp³-hybridized carbons (Fsp3) is 0.588. The minimum absolute atomic E-state index is 0.00132. The van der Waals surface area contributed by atoms with Gasteiger partial charge in [-0.3, -0.25) is 4.79 Å². The lowest BCUT2D eigenvalue weighted by molar-refractivity contribution is 0.101. The molecule has 0 aliphatic carbocycles. The van der Waals surface area contributed by atoms with Crippen molar-refractivity contribution in [2.45, 2.75) is 39.2 Å². The summed E-state index contributed by atoms with van der Waals surface area (Å²) in [5, 5.41) is 0. The molecule has 21 heavy (non-hydrogen) atoms. The lowest BCUT2D eigenvalue weighted by Gasteiger charge is -2.20. The van der Waals surface area contributed by atoms with Gasteiger partial charge in [-0.05, 0) is 51.8 Å². The van der Waals surface area contributed by atoms with E-state index in [9.17, 15) is 4.79 Å². The summed E-state index contributed by atoms with van der Waals surface area (Å²) in [5.74, 6) is 1.33. The molecule has 0 aromatic heterocycles. The van der Waals surface area contributed by atoms with Gasteiger partial charge in [0.25, 0.3) is 0 Å². The van der Waals surface area contributed by atoms with Crippen LogP contribution in [0.5, 0.6) is 11.5 Å². The molecule has 2 rings (SSSR count). The molecule has 0 saturated carbocycles. The van der Waals surface area contributed by atoms with Gasteiger partial charge in [-0.25, -0.2) is 0 Å². The van der Waals surface area contributed by atoms with Gasteiger partial charge < -0.3 is 14.4 Å². The molecular formula is C17H25NO3. The molecule has 116 valence electrons. The van der Waals surface area contributed by atoms with Gasteiger partial charge in [0.1, 0.15) is 11.5 Å². The molecule has 1 fully saturated rings. The Morgan fingerprint density at radius 2 is 2.24 bits per heavy atom. The van der Waals surface area contributed by atoms with Gasteiger partial charge in [0.15, 0.2) is 5.78 Å². The monoisotopic (exact) mass is 291 g/mol. The summed E-state index contributed by atoms with van der Waals surface area (Å²) in [6, 6.07) is 6.09. The molecule has 0 unspecified atom stereocenters. The van der Waals surface area contributed by atoms with Gasteiger partial charge in [-0.1, -0.05) is 0 Å². The maximum Gasteiger partial charge on any atom is 0.163 e. The van der Waals surface area contributed by atoms with E-state index in [2.05, 4.69) is 11.8 Å². The fourth-order valence-corrected chi connectivity index (χ4v) is 2.83. The summed E-state index contributed by atoms with van der Waals surface area (Å²) in [4.78, 5) is 14.0. The van der Waals surface area contributed by atoms with Crippen LogP contribution in [0.3, 0.4) is 0 Å². The molecule has 1 aromatic carbocycles. The van der Waals surface area contributed by atoms with Crippen LogP contribution >= 0.6 is 0 Å². The number of hydrogen-bond donors (Lipinski definition) is 0. The standard InChI is InChI=1S/C17H25NO3/c1-13-6-4-9-18(13)10-5-11-21-15-7-8-16(14(2)19)17(12-15)20-3/h7-8,12-13H,4-6,9-11H2,1-3H3/t13-/m1/s1. The molecule has 1 heterocycles. The average molecular weight is 291 g/mol. The normalized spacial score (nSPS) is 18.7. The molecule has 1 aromatic rings. The van der Waals surface area contributed by atoms with Crippen LogP contribution in [0.1, 0.15) is 43.5 Å². The smallest absolute Gasteiger partial charge is 0.163 e. The molecule has 1 aliphatic heterocycles. The highest BCUT2D eigenvalue weighted by molar-refractivity contribution is 5.97. The third kappa shape index (κ3) is 4.21. The maximum atomic E-state index is 11.4. The van der Waals surface area contributed by atoms with E-state index in [0.29, 0.717) is 24.0 Å². The van der Waals surface area contributed by atoms with Gasteiger partial charge in [0.2, 0.25) is 0 Å². The number of methoxy groups -OCH3 is 1. The zero-order valence-corrected chi connectivity index (χ0v) is 13.2. The number of ether oxygens (including phenoxy) is 2. The first-order valence-electron chi connectivity index (χ1n) is 7.67. The maximum absolute atomic E-state index is 11.4. The van der Waals surface area contributed by atoms with E-state index in [4.69, 9.17) is 9.47 Å². The highest BCUT2D eigenvalue weighted by atomic mass is 16.5. The number of benzene rings is 1. The van der Waals surface area contributed by atoms with Crippen LogP contribution < -0.4 is 9.47 Å². The number of carbonyl (C=O) groups is 1. The van der Waals surface area contributed by atoms with Crippen molar-refractivity contribution >= 4 is 5.78 Å². The van der Waals surface area contributed by atoms with E-state index >= 15 is 0 Å². The molecule has 0 bridgehead atoms. The highest BCUT2D eigenvalue weighted by Crippen LogP contribution is 2.25. The Hall–Kier alpha value is -1.55. The summed E-state index contributed by atoms with van der Waals surface area (Å²) < 4.78 is 11.0. The van der Waals surface area contributed by atoms with Gasteiger partial charge in [0, 0.05) is 18.7 Å². The van der Waals surface area contributed by atoms with Crippen molar-refractivity contribution in [3.8, 4) is 11.5 Å². The predicted molar refractivity (Wildman–Crippen MR) is 83.4 cm³/mol. The number of rotatable bonds is 7. The first kappa shape index (κ1) is 15.8. The molecule has 0 radical (unpaired) electrons. The van der Waals surface area contributed by atoms with Crippen molar-refractivity contribution in [1.29, 1.82) is 0 Å². The van der Waals surface area contributed by atoms with Crippen LogP contribution in [-0.2, 0) is 0 Å². The van der Waals surface area contributed by atoms with Crippen molar-refractivity contribution in [2.24, 2.45) is 0 Å². The van der Waals surface area contributed by atoms with Gasteiger partial charge in [-0.15, -0.1) is 0 Å². The Morgan fingerprint density at radius 1 is 1.43 bits per heavy atom. The van der Waals surface area contributed by atoms with E-state index in [-0.39, 0.29) is 5.78 Å². The van der Waals surface area contributed by atoms with Gasteiger partial charge in [0.05, 0.1) is 19.3 Å². The Labute approximate surface area is 127 Å². The number of hydrogen-bond acceptors (Lipinski definition) is 4. The number of nitrogens with zero attached hydrogens (tertiary/aromatic N) is 1. The van der Waals surface area contributed by atoms with Crippen LogP contribution in [0, 0.1) is 0 Å². The molecule has 4 heteroatoms. The minimum Gasteiger partial charge on any atom is -0.496 e. The molecule has 1 aliphatic rings. The van der Waals surface area contributed by atoms with Crippen molar-refractivity contribution in [3.63, 3.8) is 0 Å². The average Bonchev–Trinajstić information content (AvgIpc) is 2.88. The number of ketones is 1. The van der Waals surface area contributed by atoms with E-state index in [1.165, 1.54) is 26.3 Å². The van der Waals surface area contributed by atoms with Crippen LogP contribution in [0.25, 0.3) is 0 Å². The van der Waals surface area contributed by atoms with Crippen LogP contribution in [0.2, 0.25) is 0 Å². The Morgan fingerprint density at radius 3 is 2.86 bits per heavy atom. The van der Waals surface area contributed by atoms with E-state index < -0.39 is 0 Å². The summed E-state index contributed by atoms with van der Waals surface area (Å²) >= 11 is 0. The van der Waals surface area contributed by atoms with Crippen LogP contribution in [-0.4, -0.2) is 43.5 Å². The third-order valence-electron chi connectivity index (χ3n) is 4.10. The Bertz CT molecular complexity index is 487. The second-order valence-electron chi connectivity index (χ2n) is 5.65. The Kier molecular flexibility index (Phi) is 5.62.